The Labute approximate surface area is 136 Å². The summed E-state index contributed by atoms with van der Waals surface area (Å²) in [5.74, 6) is 0. The van der Waals surface area contributed by atoms with Crippen LogP contribution in [0.25, 0.3) is 0 Å². The first kappa shape index (κ1) is 15.0. The van der Waals surface area contributed by atoms with Gasteiger partial charge in [0.05, 0.1) is 5.71 Å². The zero-order valence-corrected chi connectivity index (χ0v) is 13.5. The zero-order chi connectivity index (χ0) is 14.5. The monoisotopic (exact) mass is 367 g/mol. The lowest BCUT2D eigenvalue weighted by Crippen LogP contribution is -2.26. The summed E-state index contributed by atoms with van der Waals surface area (Å²) >= 11 is 14.1. The molecule has 0 saturated carbocycles. The Kier molecular flexibility index (Phi) is 5.11. The first-order chi connectivity index (χ1) is 9.56. The highest BCUT2D eigenvalue weighted by atomic mass is 79.9. The van der Waals surface area contributed by atoms with Crippen LogP contribution >= 0.6 is 39.7 Å². The molecular weight excluding hydrogens is 358 g/mol. The summed E-state index contributed by atoms with van der Waals surface area (Å²) < 4.78 is 0.999. The van der Waals surface area contributed by atoms with E-state index in [1.54, 1.807) is 0 Å². The van der Waals surface area contributed by atoms with E-state index >= 15 is 0 Å². The Hall–Kier alpha value is -1.43. The van der Waals surface area contributed by atoms with E-state index in [-0.39, 0.29) is 5.11 Å². The molecule has 3 nitrogen and oxygen atoms in total. The molecule has 0 radical (unpaired) electrons. The maximum atomic E-state index is 5.91. The molecular formula is C14H11BrClN3S. The minimum Gasteiger partial charge on any atom is -0.375 e. The number of nitrogens with two attached hydrogens (primary N) is 1. The second-order valence-corrected chi connectivity index (χ2v) is 5.74. The van der Waals surface area contributed by atoms with Crippen molar-refractivity contribution in [2.75, 3.05) is 0 Å². The Morgan fingerprint density at radius 1 is 1.05 bits per heavy atom. The number of halogens is 2. The number of hydrogen-bond acceptors (Lipinski definition) is 2. The van der Waals surface area contributed by atoms with Gasteiger partial charge in [-0.3, -0.25) is 5.43 Å². The van der Waals surface area contributed by atoms with Gasteiger partial charge in [-0.2, -0.15) is 5.10 Å². The molecule has 0 saturated heterocycles. The van der Waals surface area contributed by atoms with Crippen LogP contribution in [0.3, 0.4) is 0 Å². The molecule has 0 aliphatic heterocycles. The van der Waals surface area contributed by atoms with Gasteiger partial charge in [0.2, 0.25) is 0 Å². The maximum absolute atomic E-state index is 5.91. The van der Waals surface area contributed by atoms with Crippen LogP contribution in [0.1, 0.15) is 11.1 Å². The standard InChI is InChI=1S/C14H11BrClN3S/c15-11-5-1-9(2-6-11)13(18-19-14(17)20)10-3-7-12(16)8-4-10/h1-8H,(H3,17,19,20)/b18-13-. The number of nitrogens with one attached hydrogen (secondary N) is 1. The van der Waals surface area contributed by atoms with E-state index in [0.717, 1.165) is 21.3 Å². The molecule has 6 heteroatoms. The molecule has 0 fully saturated rings. The van der Waals surface area contributed by atoms with Crippen molar-refractivity contribution in [1.82, 2.24) is 5.43 Å². The van der Waals surface area contributed by atoms with E-state index in [4.69, 9.17) is 29.6 Å². The van der Waals surface area contributed by atoms with E-state index in [1.165, 1.54) is 0 Å². The predicted octanol–water partition coefficient (Wildman–Crippen LogP) is 3.69. The highest BCUT2D eigenvalue weighted by Crippen LogP contribution is 2.17. The van der Waals surface area contributed by atoms with Gasteiger partial charge in [0.15, 0.2) is 5.11 Å². The second-order valence-electron chi connectivity index (χ2n) is 3.95. The van der Waals surface area contributed by atoms with Gasteiger partial charge in [-0.05, 0) is 36.5 Å². The van der Waals surface area contributed by atoms with E-state index in [9.17, 15) is 0 Å². The molecule has 2 rings (SSSR count). The Morgan fingerprint density at radius 2 is 1.55 bits per heavy atom. The van der Waals surface area contributed by atoms with Crippen LogP contribution in [0, 0.1) is 0 Å². The fraction of sp³-hybridized carbons (Fsp3) is 0. The smallest absolute Gasteiger partial charge is 0.184 e. The normalized spacial score (nSPS) is 11.2. The van der Waals surface area contributed by atoms with Crippen molar-refractivity contribution in [3.8, 4) is 0 Å². The van der Waals surface area contributed by atoms with Crippen molar-refractivity contribution in [2.45, 2.75) is 0 Å². The molecule has 102 valence electrons. The van der Waals surface area contributed by atoms with Gasteiger partial charge in [0, 0.05) is 20.6 Å². The van der Waals surface area contributed by atoms with E-state index in [0.29, 0.717) is 5.02 Å². The first-order valence-electron chi connectivity index (χ1n) is 5.71. The summed E-state index contributed by atoms with van der Waals surface area (Å²) in [5.41, 5.74) is 10.7. The molecule has 0 aromatic heterocycles. The number of thiocarbonyl (C=S) groups is 1. The van der Waals surface area contributed by atoms with E-state index < -0.39 is 0 Å². The molecule has 0 aliphatic rings. The third-order valence-electron chi connectivity index (χ3n) is 2.51. The fourth-order valence-electron chi connectivity index (χ4n) is 1.62. The predicted molar refractivity (Wildman–Crippen MR) is 91.2 cm³/mol. The molecule has 0 amide bonds. The number of rotatable bonds is 3. The van der Waals surface area contributed by atoms with Crippen molar-refractivity contribution < 1.29 is 0 Å². The van der Waals surface area contributed by atoms with Crippen LogP contribution in [-0.2, 0) is 0 Å². The third-order valence-corrected chi connectivity index (χ3v) is 3.39. The summed E-state index contributed by atoms with van der Waals surface area (Å²) in [6.45, 7) is 0. The van der Waals surface area contributed by atoms with Gasteiger partial charge in [0.1, 0.15) is 0 Å². The molecule has 0 atom stereocenters. The molecule has 2 aromatic carbocycles. The van der Waals surface area contributed by atoms with Gasteiger partial charge < -0.3 is 5.73 Å². The molecule has 0 unspecified atom stereocenters. The number of nitrogens with zero attached hydrogens (tertiary/aromatic N) is 1. The summed E-state index contributed by atoms with van der Waals surface area (Å²) in [6.07, 6.45) is 0. The number of hydrogen-bond donors (Lipinski definition) is 2. The Balaban J connectivity index is 2.44. The van der Waals surface area contributed by atoms with Crippen molar-refractivity contribution >= 4 is 50.6 Å². The molecule has 3 N–H and O–H groups in total. The van der Waals surface area contributed by atoms with E-state index in [1.807, 2.05) is 48.5 Å². The van der Waals surface area contributed by atoms with Gasteiger partial charge in [-0.15, -0.1) is 0 Å². The Morgan fingerprint density at radius 3 is 2.05 bits per heavy atom. The first-order valence-corrected chi connectivity index (χ1v) is 7.29. The third kappa shape index (κ3) is 4.03. The summed E-state index contributed by atoms with van der Waals surface area (Å²) in [4.78, 5) is 0. The molecule has 0 aliphatic carbocycles. The van der Waals surface area contributed by atoms with Crippen LogP contribution in [0.2, 0.25) is 5.02 Å². The second kappa shape index (κ2) is 6.83. The lowest BCUT2D eigenvalue weighted by Gasteiger charge is -2.08. The summed E-state index contributed by atoms with van der Waals surface area (Å²) in [5, 5.41) is 5.06. The Bertz CT molecular complexity index is 591. The van der Waals surface area contributed by atoms with Crippen LogP contribution < -0.4 is 11.2 Å². The molecule has 2 aromatic rings. The van der Waals surface area contributed by atoms with Crippen LogP contribution in [0.5, 0.6) is 0 Å². The highest BCUT2D eigenvalue weighted by molar-refractivity contribution is 9.10. The zero-order valence-electron chi connectivity index (χ0n) is 10.3. The highest BCUT2D eigenvalue weighted by Gasteiger charge is 2.07. The van der Waals surface area contributed by atoms with Crippen molar-refractivity contribution in [2.24, 2.45) is 10.8 Å². The van der Waals surface area contributed by atoms with Crippen LogP contribution in [0.4, 0.5) is 0 Å². The maximum Gasteiger partial charge on any atom is 0.184 e. The van der Waals surface area contributed by atoms with Crippen molar-refractivity contribution in [1.29, 1.82) is 0 Å². The van der Waals surface area contributed by atoms with Crippen LogP contribution in [0.15, 0.2) is 58.1 Å². The van der Waals surface area contributed by atoms with Gasteiger partial charge >= 0.3 is 0 Å². The SMILES string of the molecule is NC(=S)N/N=C(\c1ccc(Cl)cc1)c1ccc(Br)cc1. The van der Waals surface area contributed by atoms with E-state index in [2.05, 4.69) is 26.5 Å². The largest absolute Gasteiger partial charge is 0.375 e. The van der Waals surface area contributed by atoms with Crippen molar-refractivity contribution in [3.05, 3.63) is 69.2 Å². The van der Waals surface area contributed by atoms with Gasteiger partial charge in [-0.1, -0.05) is 51.8 Å². The van der Waals surface area contributed by atoms with Crippen molar-refractivity contribution in [3.63, 3.8) is 0 Å². The lowest BCUT2D eigenvalue weighted by molar-refractivity contribution is 1.03. The molecule has 0 heterocycles. The van der Waals surface area contributed by atoms with Gasteiger partial charge in [0.25, 0.3) is 0 Å². The van der Waals surface area contributed by atoms with Crippen LogP contribution in [-0.4, -0.2) is 10.8 Å². The summed E-state index contributed by atoms with van der Waals surface area (Å²) in [6, 6.07) is 15.2. The minimum absolute atomic E-state index is 0.119. The summed E-state index contributed by atoms with van der Waals surface area (Å²) in [7, 11) is 0. The average molecular weight is 369 g/mol. The molecule has 20 heavy (non-hydrogen) atoms. The minimum atomic E-state index is 0.119. The quantitative estimate of drug-likeness (QED) is 0.493. The molecule has 0 spiro atoms. The lowest BCUT2D eigenvalue weighted by atomic mass is 10.0. The van der Waals surface area contributed by atoms with Gasteiger partial charge in [-0.25, -0.2) is 0 Å². The number of benzene rings is 2. The topological polar surface area (TPSA) is 50.4 Å². The molecule has 0 bridgehead atoms. The number of hydrazone groups is 1. The average Bonchev–Trinajstić information content (AvgIpc) is 2.42. The fourth-order valence-corrected chi connectivity index (χ4v) is 2.06.